The molecule has 0 aromatic carbocycles. The fourth-order valence-corrected chi connectivity index (χ4v) is 10.6. The maximum absolute atomic E-state index is 11.7. The van der Waals surface area contributed by atoms with Gasteiger partial charge in [-0.05, 0) is 104 Å². The van der Waals surface area contributed by atoms with Crippen molar-refractivity contribution >= 4 is 0 Å². The first-order valence-corrected chi connectivity index (χ1v) is 13.5. The van der Waals surface area contributed by atoms with Crippen molar-refractivity contribution in [2.75, 3.05) is 0 Å². The van der Waals surface area contributed by atoms with Crippen LogP contribution in [-0.2, 0) is 0 Å². The van der Waals surface area contributed by atoms with Crippen molar-refractivity contribution in [1.82, 2.24) is 0 Å². The molecule has 0 aromatic heterocycles. The lowest BCUT2D eigenvalue weighted by atomic mass is 9.34. The number of hydrogen-bond donors (Lipinski definition) is 3. The zero-order valence-corrected chi connectivity index (χ0v) is 21.6. The van der Waals surface area contributed by atoms with Gasteiger partial charge in [0, 0.05) is 5.92 Å². The predicted molar refractivity (Wildman–Crippen MR) is 129 cm³/mol. The van der Waals surface area contributed by atoms with Gasteiger partial charge in [-0.2, -0.15) is 0 Å². The van der Waals surface area contributed by atoms with Crippen molar-refractivity contribution in [3.8, 4) is 0 Å². The predicted octanol–water partition coefficient (Wildman–Crippen LogP) is 5.72. The summed E-state index contributed by atoms with van der Waals surface area (Å²) in [6.07, 6.45) is 10.2. The van der Waals surface area contributed by atoms with Crippen LogP contribution < -0.4 is 0 Å². The third-order valence-corrected chi connectivity index (χ3v) is 12.9. The Morgan fingerprint density at radius 2 is 1.56 bits per heavy atom. The van der Waals surface area contributed by atoms with E-state index in [2.05, 4.69) is 54.5 Å². The van der Waals surface area contributed by atoms with Crippen LogP contribution in [0.1, 0.15) is 99.8 Å². The summed E-state index contributed by atoms with van der Waals surface area (Å²) in [5, 5.41) is 33.6. The molecule has 0 saturated heterocycles. The molecule has 182 valence electrons. The van der Waals surface area contributed by atoms with Gasteiger partial charge in [0.1, 0.15) is 0 Å². The average Bonchev–Trinajstić information content (AvgIpc) is 2.69. The average molecular weight is 445 g/mol. The van der Waals surface area contributed by atoms with Crippen molar-refractivity contribution in [2.24, 2.45) is 51.2 Å². The lowest BCUT2D eigenvalue weighted by Gasteiger charge is -2.71. The Kier molecular flexibility index (Phi) is 5.00. The Balaban J connectivity index is 1.60. The van der Waals surface area contributed by atoms with E-state index in [0.29, 0.717) is 36.0 Å². The highest BCUT2D eigenvalue weighted by atomic mass is 16.3. The fourth-order valence-electron chi connectivity index (χ4n) is 10.6. The summed E-state index contributed by atoms with van der Waals surface area (Å²) in [6, 6.07) is 0. The highest BCUT2D eigenvalue weighted by Gasteiger charge is 2.68. The van der Waals surface area contributed by atoms with Gasteiger partial charge < -0.3 is 15.3 Å². The van der Waals surface area contributed by atoms with Gasteiger partial charge in [0.05, 0.1) is 17.8 Å². The molecule has 0 spiro atoms. The zero-order chi connectivity index (χ0) is 23.5. The molecular formula is C29H48O3. The van der Waals surface area contributed by atoms with E-state index in [9.17, 15) is 15.3 Å². The van der Waals surface area contributed by atoms with E-state index in [-0.39, 0.29) is 21.7 Å². The molecule has 4 fully saturated rings. The number of rotatable bonds is 0. The lowest BCUT2D eigenvalue weighted by molar-refractivity contribution is -0.232. The van der Waals surface area contributed by atoms with Gasteiger partial charge in [-0.3, -0.25) is 0 Å². The topological polar surface area (TPSA) is 60.7 Å². The van der Waals surface area contributed by atoms with Crippen molar-refractivity contribution < 1.29 is 15.3 Å². The Morgan fingerprint density at radius 1 is 0.875 bits per heavy atom. The van der Waals surface area contributed by atoms with Crippen molar-refractivity contribution in [3.63, 3.8) is 0 Å². The molecule has 0 heterocycles. The van der Waals surface area contributed by atoms with Gasteiger partial charge in [0.2, 0.25) is 0 Å². The van der Waals surface area contributed by atoms with Crippen molar-refractivity contribution in [2.45, 2.75) is 118 Å². The molecule has 3 nitrogen and oxygen atoms in total. The first kappa shape index (κ1) is 23.4. The molecule has 3 heteroatoms. The molecule has 0 aromatic rings. The molecule has 5 rings (SSSR count). The number of allylic oxidation sites excluding steroid dienone is 1. The van der Waals surface area contributed by atoms with Gasteiger partial charge in [-0.25, -0.2) is 0 Å². The fraction of sp³-hybridized carbons (Fsp3) is 0.931. The third-order valence-electron chi connectivity index (χ3n) is 12.9. The van der Waals surface area contributed by atoms with Crippen LogP contribution in [0, 0.1) is 51.2 Å². The highest BCUT2D eigenvalue weighted by Crippen LogP contribution is 2.74. The summed E-state index contributed by atoms with van der Waals surface area (Å²) in [5.41, 5.74) is 0.993. The molecule has 4 unspecified atom stereocenters. The van der Waals surface area contributed by atoms with Crippen LogP contribution >= 0.6 is 0 Å². The van der Waals surface area contributed by atoms with Crippen LogP contribution in [0.15, 0.2) is 11.6 Å². The SMILES string of the molecule is C[C@@H]1CCC2CC[C@]3(C)C(=CCC4[C@@]5(C)C[C@@H](O)[C@@H](O)C(C)(C)C5CC[C@]43C)C2[C@]1(C)O. The minimum atomic E-state index is -0.637. The minimum Gasteiger partial charge on any atom is -0.390 e. The molecule has 32 heavy (non-hydrogen) atoms. The smallest absolute Gasteiger partial charge is 0.0852 e. The first-order valence-electron chi connectivity index (χ1n) is 13.5. The lowest BCUT2D eigenvalue weighted by Crippen LogP contribution is -2.67. The number of hydrogen-bond acceptors (Lipinski definition) is 3. The Bertz CT molecular complexity index is 813. The van der Waals surface area contributed by atoms with Gasteiger partial charge in [0.15, 0.2) is 0 Å². The number of fused-ring (bicyclic) bond motifs is 7. The van der Waals surface area contributed by atoms with Crippen LogP contribution in [0.2, 0.25) is 0 Å². The van der Waals surface area contributed by atoms with Gasteiger partial charge in [-0.15, -0.1) is 0 Å². The van der Waals surface area contributed by atoms with Gasteiger partial charge in [0.25, 0.3) is 0 Å². The number of aliphatic hydroxyl groups is 3. The summed E-state index contributed by atoms with van der Waals surface area (Å²) in [7, 11) is 0. The van der Waals surface area contributed by atoms with Crippen molar-refractivity contribution in [3.05, 3.63) is 11.6 Å². The molecule has 11 atom stereocenters. The monoisotopic (exact) mass is 444 g/mol. The van der Waals surface area contributed by atoms with E-state index >= 15 is 0 Å². The second-order valence-electron chi connectivity index (χ2n) is 14.3. The summed E-state index contributed by atoms with van der Waals surface area (Å²) in [5.74, 6) is 2.20. The number of aliphatic hydroxyl groups excluding tert-OH is 2. The third kappa shape index (κ3) is 2.65. The van der Waals surface area contributed by atoms with E-state index in [1.807, 2.05) is 0 Å². The summed E-state index contributed by atoms with van der Waals surface area (Å²) < 4.78 is 0. The highest BCUT2D eigenvalue weighted by molar-refractivity contribution is 5.34. The Morgan fingerprint density at radius 3 is 2.25 bits per heavy atom. The van der Waals surface area contributed by atoms with E-state index in [0.717, 1.165) is 19.3 Å². The van der Waals surface area contributed by atoms with Crippen LogP contribution in [0.25, 0.3) is 0 Å². The molecule has 5 aliphatic rings. The second-order valence-corrected chi connectivity index (χ2v) is 14.3. The van der Waals surface area contributed by atoms with E-state index in [1.54, 1.807) is 5.57 Å². The van der Waals surface area contributed by atoms with Gasteiger partial charge in [-0.1, -0.05) is 53.2 Å². The molecule has 0 radical (unpaired) electrons. The van der Waals surface area contributed by atoms with E-state index in [1.165, 1.54) is 25.7 Å². The molecule has 0 amide bonds. The minimum absolute atomic E-state index is 0.0272. The molecule has 0 aliphatic heterocycles. The quantitative estimate of drug-likeness (QED) is 0.419. The summed E-state index contributed by atoms with van der Waals surface area (Å²) in [4.78, 5) is 0. The molecule has 4 saturated carbocycles. The largest absolute Gasteiger partial charge is 0.390 e. The molecular weight excluding hydrogens is 396 g/mol. The Labute approximate surface area is 196 Å². The summed E-state index contributed by atoms with van der Waals surface area (Å²) >= 11 is 0. The second kappa shape index (κ2) is 6.85. The van der Waals surface area contributed by atoms with E-state index in [4.69, 9.17) is 0 Å². The van der Waals surface area contributed by atoms with Crippen LogP contribution in [-0.4, -0.2) is 33.1 Å². The molecule has 0 bridgehead atoms. The molecule has 5 aliphatic carbocycles. The van der Waals surface area contributed by atoms with Crippen LogP contribution in [0.3, 0.4) is 0 Å². The van der Waals surface area contributed by atoms with Crippen LogP contribution in [0.4, 0.5) is 0 Å². The van der Waals surface area contributed by atoms with Crippen LogP contribution in [0.5, 0.6) is 0 Å². The molecule has 3 N–H and O–H groups in total. The summed E-state index contributed by atoms with van der Waals surface area (Å²) in [6.45, 7) is 16.3. The van der Waals surface area contributed by atoms with E-state index < -0.39 is 17.8 Å². The normalized spacial score (nSPS) is 59.2. The zero-order valence-electron chi connectivity index (χ0n) is 21.6. The van der Waals surface area contributed by atoms with Crippen molar-refractivity contribution in [1.29, 1.82) is 0 Å². The standard InChI is InChI=1S/C29H48O3/c1-17-8-9-18-12-14-27(5)19(23(18)29(17,7)32)10-11-22-26(4)16-20(30)24(31)25(2,3)21(26)13-15-28(22,27)6/h10,17-18,20-24,30-32H,8-9,11-16H2,1-7H3/t17-,18?,20-,21?,22?,23?,24-,26+,27-,28-,29-/m1/s1. The maximum Gasteiger partial charge on any atom is 0.0852 e. The maximum atomic E-state index is 11.7. The first-order chi connectivity index (χ1) is 14.7. The van der Waals surface area contributed by atoms with Gasteiger partial charge >= 0.3 is 0 Å². The Hall–Kier alpha value is -0.380.